The van der Waals surface area contributed by atoms with Crippen LogP contribution in [0.4, 0.5) is 0 Å². The average Bonchev–Trinajstić information content (AvgIpc) is 2.34. The second-order valence-corrected chi connectivity index (χ2v) is 4.05. The van der Waals surface area contributed by atoms with Gasteiger partial charge in [0.2, 0.25) is 11.8 Å². The molecule has 106 valence electrons. The zero-order chi connectivity index (χ0) is 13.8. The van der Waals surface area contributed by atoms with Crippen molar-refractivity contribution < 1.29 is 14.3 Å². The summed E-state index contributed by atoms with van der Waals surface area (Å²) in [5.74, 6) is -0.159. The Kier molecular flexibility index (Phi) is 10.3. The van der Waals surface area contributed by atoms with E-state index >= 15 is 0 Å². The van der Waals surface area contributed by atoms with Crippen LogP contribution in [0.15, 0.2) is 0 Å². The van der Waals surface area contributed by atoms with Gasteiger partial charge in [0.1, 0.15) is 0 Å². The zero-order valence-corrected chi connectivity index (χ0v) is 11.6. The summed E-state index contributed by atoms with van der Waals surface area (Å²) in [6, 6.07) is 0. The fourth-order valence-electron chi connectivity index (χ4n) is 1.37. The number of nitrogens with zero attached hydrogens (tertiary/aromatic N) is 1. The highest BCUT2D eigenvalue weighted by Crippen LogP contribution is 1.90. The summed E-state index contributed by atoms with van der Waals surface area (Å²) in [7, 11) is 3.27. The number of ether oxygens (including phenoxy) is 1. The van der Waals surface area contributed by atoms with Crippen molar-refractivity contribution in [3.05, 3.63) is 0 Å². The van der Waals surface area contributed by atoms with Crippen LogP contribution in [-0.4, -0.2) is 63.7 Å². The maximum Gasteiger partial charge on any atom is 0.239 e. The predicted octanol–water partition coefficient (Wildman–Crippen LogP) is -0.403. The number of nitrogens with one attached hydrogen (secondary N) is 2. The van der Waals surface area contributed by atoms with Gasteiger partial charge in [-0.25, -0.2) is 0 Å². The van der Waals surface area contributed by atoms with Gasteiger partial charge in [0.15, 0.2) is 0 Å². The van der Waals surface area contributed by atoms with Gasteiger partial charge in [-0.3, -0.25) is 9.59 Å². The van der Waals surface area contributed by atoms with E-state index in [1.165, 1.54) is 4.90 Å². The van der Waals surface area contributed by atoms with E-state index in [4.69, 9.17) is 4.74 Å². The molecule has 2 N–H and O–H groups in total. The van der Waals surface area contributed by atoms with Crippen LogP contribution in [0.1, 0.15) is 19.8 Å². The van der Waals surface area contributed by atoms with Gasteiger partial charge < -0.3 is 20.3 Å². The lowest BCUT2D eigenvalue weighted by atomic mass is 10.3. The molecule has 0 spiro atoms. The Bertz CT molecular complexity index is 247. The first-order chi connectivity index (χ1) is 8.61. The van der Waals surface area contributed by atoms with E-state index in [1.54, 1.807) is 14.2 Å². The molecule has 18 heavy (non-hydrogen) atoms. The highest BCUT2D eigenvalue weighted by atomic mass is 16.5. The number of hydrogen-bond donors (Lipinski definition) is 2. The summed E-state index contributed by atoms with van der Waals surface area (Å²) in [5, 5.41) is 5.82. The van der Waals surface area contributed by atoms with Gasteiger partial charge in [0.25, 0.3) is 0 Å². The third-order valence-corrected chi connectivity index (χ3v) is 2.42. The third kappa shape index (κ3) is 8.95. The number of rotatable bonds is 10. The largest absolute Gasteiger partial charge is 0.385 e. The van der Waals surface area contributed by atoms with E-state index in [-0.39, 0.29) is 18.4 Å². The van der Waals surface area contributed by atoms with Crippen LogP contribution in [-0.2, 0) is 14.3 Å². The van der Waals surface area contributed by atoms with Crippen LogP contribution in [0, 0.1) is 0 Å². The molecule has 6 nitrogen and oxygen atoms in total. The van der Waals surface area contributed by atoms with Crippen LogP contribution in [0.25, 0.3) is 0 Å². The highest BCUT2D eigenvalue weighted by molar-refractivity contribution is 5.84. The molecular formula is C12H25N3O3. The van der Waals surface area contributed by atoms with Crippen LogP contribution in [0.2, 0.25) is 0 Å². The molecule has 0 heterocycles. The zero-order valence-electron chi connectivity index (χ0n) is 11.6. The van der Waals surface area contributed by atoms with Gasteiger partial charge in [-0.15, -0.1) is 0 Å². The molecule has 0 aromatic rings. The van der Waals surface area contributed by atoms with Crippen molar-refractivity contribution in [2.75, 3.05) is 46.9 Å². The quantitative estimate of drug-likeness (QED) is 0.524. The lowest BCUT2D eigenvalue weighted by Gasteiger charge is -2.16. The first-order valence-electron chi connectivity index (χ1n) is 6.32. The van der Waals surface area contributed by atoms with Crippen molar-refractivity contribution in [3.8, 4) is 0 Å². The Morgan fingerprint density at radius 1 is 1.28 bits per heavy atom. The van der Waals surface area contributed by atoms with E-state index in [1.807, 2.05) is 6.92 Å². The van der Waals surface area contributed by atoms with Crippen LogP contribution >= 0.6 is 0 Å². The number of hydrogen-bond acceptors (Lipinski definition) is 4. The van der Waals surface area contributed by atoms with Crippen LogP contribution < -0.4 is 10.6 Å². The Balaban J connectivity index is 3.68. The Morgan fingerprint density at radius 3 is 2.61 bits per heavy atom. The fraction of sp³-hybridized carbons (Fsp3) is 0.833. The van der Waals surface area contributed by atoms with Gasteiger partial charge in [0, 0.05) is 40.3 Å². The van der Waals surface area contributed by atoms with E-state index < -0.39 is 0 Å². The summed E-state index contributed by atoms with van der Waals surface area (Å²) >= 11 is 0. The Labute approximate surface area is 109 Å². The molecule has 0 aliphatic carbocycles. The van der Waals surface area contributed by atoms with Crippen molar-refractivity contribution in [1.29, 1.82) is 0 Å². The molecule has 0 aliphatic heterocycles. The SMILES string of the molecule is CCNCCC(=O)N(C)CC(=O)NCCCOC. The van der Waals surface area contributed by atoms with Crippen LogP contribution in [0.5, 0.6) is 0 Å². The molecular weight excluding hydrogens is 234 g/mol. The molecule has 0 rings (SSSR count). The lowest BCUT2D eigenvalue weighted by molar-refractivity contribution is -0.134. The summed E-state index contributed by atoms with van der Waals surface area (Å²) < 4.78 is 4.88. The summed E-state index contributed by atoms with van der Waals surface area (Å²) in [6.07, 6.45) is 1.20. The smallest absolute Gasteiger partial charge is 0.239 e. The van der Waals surface area contributed by atoms with Gasteiger partial charge in [0.05, 0.1) is 6.54 Å². The molecule has 0 unspecified atom stereocenters. The molecule has 0 atom stereocenters. The highest BCUT2D eigenvalue weighted by Gasteiger charge is 2.11. The van der Waals surface area contributed by atoms with Gasteiger partial charge >= 0.3 is 0 Å². The van der Waals surface area contributed by atoms with Gasteiger partial charge in [-0.1, -0.05) is 6.92 Å². The number of carbonyl (C=O) groups is 2. The molecule has 2 amide bonds. The normalized spacial score (nSPS) is 10.2. The molecule has 0 bridgehead atoms. The third-order valence-electron chi connectivity index (χ3n) is 2.42. The summed E-state index contributed by atoms with van der Waals surface area (Å²) in [6.45, 7) is 4.79. The minimum atomic E-state index is -0.134. The second-order valence-electron chi connectivity index (χ2n) is 4.05. The number of carbonyl (C=O) groups excluding carboxylic acids is 2. The molecule has 0 saturated heterocycles. The summed E-state index contributed by atoms with van der Waals surface area (Å²) in [4.78, 5) is 24.6. The summed E-state index contributed by atoms with van der Waals surface area (Å²) in [5.41, 5.74) is 0. The van der Waals surface area contributed by atoms with Crippen molar-refractivity contribution >= 4 is 11.8 Å². The van der Waals surface area contributed by atoms with Crippen molar-refractivity contribution in [3.63, 3.8) is 0 Å². The maximum atomic E-state index is 11.6. The Hall–Kier alpha value is -1.14. The Morgan fingerprint density at radius 2 is 2.00 bits per heavy atom. The molecule has 0 fully saturated rings. The number of amides is 2. The van der Waals surface area contributed by atoms with E-state index in [9.17, 15) is 9.59 Å². The van der Waals surface area contributed by atoms with Crippen molar-refractivity contribution in [1.82, 2.24) is 15.5 Å². The molecule has 0 aromatic heterocycles. The fourth-order valence-corrected chi connectivity index (χ4v) is 1.37. The molecule has 0 radical (unpaired) electrons. The monoisotopic (exact) mass is 259 g/mol. The predicted molar refractivity (Wildman–Crippen MR) is 70.3 cm³/mol. The first-order valence-corrected chi connectivity index (χ1v) is 6.32. The minimum Gasteiger partial charge on any atom is -0.385 e. The molecule has 6 heteroatoms. The molecule has 0 saturated carbocycles. The standard InChI is InChI=1S/C12H25N3O3/c1-4-13-8-6-12(17)15(2)10-11(16)14-7-5-9-18-3/h13H,4-10H2,1-3H3,(H,14,16). The van der Waals surface area contributed by atoms with Gasteiger partial charge in [-0.2, -0.15) is 0 Å². The maximum absolute atomic E-state index is 11.6. The molecule has 0 aliphatic rings. The number of likely N-dealkylation sites (N-methyl/N-ethyl adjacent to an activating group) is 1. The van der Waals surface area contributed by atoms with Crippen LogP contribution in [0.3, 0.4) is 0 Å². The minimum absolute atomic E-state index is 0.0250. The van der Waals surface area contributed by atoms with Crippen molar-refractivity contribution in [2.24, 2.45) is 0 Å². The van der Waals surface area contributed by atoms with E-state index in [2.05, 4.69) is 10.6 Å². The van der Waals surface area contributed by atoms with E-state index in [0.717, 1.165) is 13.0 Å². The molecule has 0 aromatic carbocycles. The van der Waals surface area contributed by atoms with Gasteiger partial charge in [-0.05, 0) is 13.0 Å². The lowest BCUT2D eigenvalue weighted by Crippen LogP contribution is -2.39. The van der Waals surface area contributed by atoms with E-state index in [0.29, 0.717) is 26.1 Å². The second kappa shape index (κ2) is 11.0. The number of methoxy groups -OCH3 is 1. The average molecular weight is 259 g/mol. The first kappa shape index (κ1) is 16.9. The topological polar surface area (TPSA) is 70.7 Å². The van der Waals surface area contributed by atoms with Crippen molar-refractivity contribution in [2.45, 2.75) is 19.8 Å².